The lowest BCUT2D eigenvalue weighted by Crippen LogP contribution is -2.20. The smallest absolute Gasteiger partial charge is 0.159 e. The first-order valence-corrected chi connectivity index (χ1v) is 12.7. The highest BCUT2D eigenvalue weighted by Crippen LogP contribution is 2.32. The summed E-state index contributed by atoms with van der Waals surface area (Å²) in [6.45, 7) is 7.54. The van der Waals surface area contributed by atoms with Crippen LogP contribution in [0.4, 0.5) is 0 Å². The molecule has 0 N–H and O–H groups in total. The van der Waals surface area contributed by atoms with E-state index in [1.807, 2.05) is 12.4 Å². The number of ether oxygens (including phenoxy) is 1. The van der Waals surface area contributed by atoms with Crippen LogP contribution in [0.1, 0.15) is 95.6 Å². The third kappa shape index (κ3) is 7.63. The number of benzene rings is 1. The van der Waals surface area contributed by atoms with Gasteiger partial charge in [-0.15, -0.1) is 0 Å². The van der Waals surface area contributed by atoms with Crippen molar-refractivity contribution in [3.63, 3.8) is 0 Å². The highest BCUT2D eigenvalue weighted by atomic mass is 16.5. The lowest BCUT2D eigenvalue weighted by molar-refractivity contribution is 0.177. The van der Waals surface area contributed by atoms with Crippen molar-refractivity contribution in [2.45, 2.75) is 97.8 Å². The molecule has 0 spiro atoms. The molecule has 3 rings (SSSR count). The Morgan fingerprint density at radius 2 is 1.55 bits per heavy atom. The van der Waals surface area contributed by atoms with Crippen molar-refractivity contribution in [1.82, 2.24) is 9.97 Å². The molecule has 0 bridgehead atoms. The molecule has 1 saturated carbocycles. The largest absolute Gasteiger partial charge is 0.490 e. The molecule has 1 fully saturated rings. The molecule has 1 aliphatic carbocycles. The summed E-state index contributed by atoms with van der Waals surface area (Å²) in [7, 11) is 0. The molecule has 0 amide bonds. The first-order valence-electron chi connectivity index (χ1n) is 12.7. The average Bonchev–Trinajstić information content (AvgIpc) is 2.80. The molecule has 31 heavy (non-hydrogen) atoms. The van der Waals surface area contributed by atoms with Crippen molar-refractivity contribution >= 4 is 0 Å². The molecule has 1 heterocycles. The number of nitrogens with zero attached hydrogens (tertiary/aromatic N) is 2. The molecule has 1 aromatic carbocycles. The van der Waals surface area contributed by atoms with Crippen LogP contribution >= 0.6 is 0 Å². The molecular weight excluding hydrogens is 380 g/mol. The minimum Gasteiger partial charge on any atom is -0.490 e. The van der Waals surface area contributed by atoms with E-state index in [0.717, 1.165) is 36.1 Å². The van der Waals surface area contributed by atoms with Gasteiger partial charge in [-0.1, -0.05) is 77.3 Å². The second-order valence-electron chi connectivity index (χ2n) is 9.53. The van der Waals surface area contributed by atoms with Gasteiger partial charge in [-0.25, -0.2) is 9.97 Å². The third-order valence-electron chi connectivity index (χ3n) is 6.95. The fourth-order valence-electron chi connectivity index (χ4n) is 4.80. The van der Waals surface area contributed by atoms with Crippen LogP contribution in [-0.4, -0.2) is 16.6 Å². The van der Waals surface area contributed by atoms with Crippen LogP contribution in [0.3, 0.4) is 0 Å². The summed E-state index contributed by atoms with van der Waals surface area (Å²) < 4.78 is 6.04. The van der Waals surface area contributed by atoms with E-state index in [1.54, 1.807) is 0 Å². The Labute approximate surface area is 190 Å². The zero-order valence-corrected chi connectivity index (χ0v) is 20.0. The van der Waals surface area contributed by atoms with Crippen molar-refractivity contribution in [3.05, 3.63) is 41.7 Å². The summed E-state index contributed by atoms with van der Waals surface area (Å²) in [6.07, 6.45) is 19.6. The van der Waals surface area contributed by atoms with Gasteiger partial charge in [-0.05, 0) is 61.6 Å². The summed E-state index contributed by atoms with van der Waals surface area (Å²) in [4.78, 5) is 9.15. The van der Waals surface area contributed by atoms with Crippen molar-refractivity contribution in [2.24, 2.45) is 11.8 Å². The summed E-state index contributed by atoms with van der Waals surface area (Å²) in [5, 5.41) is 0. The zero-order valence-electron chi connectivity index (χ0n) is 20.0. The van der Waals surface area contributed by atoms with Gasteiger partial charge in [0.2, 0.25) is 0 Å². The van der Waals surface area contributed by atoms with E-state index in [-0.39, 0.29) is 0 Å². The molecule has 1 aliphatic rings. The Kier molecular flexibility index (Phi) is 9.84. The molecule has 1 aromatic heterocycles. The second-order valence-corrected chi connectivity index (χ2v) is 9.53. The van der Waals surface area contributed by atoms with Crippen LogP contribution in [0.2, 0.25) is 0 Å². The fraction of sp³-hybridized carbons (Fsp3) is 0.643. The number of rotatable bonds is 12. The van der Waals surface area contributed by atoms with Gasteiger partial charge in [0.1, 0.15) is 0 Å². The molecule has 0 radical (unpaired) electrons. The average molecular weight is 423 g/mol. The molecule has 3 nitrogen and oxygen atoms in total. The number of unbranched alkanes of at least 4 members (excludes halogenated alkanes) is 4. The Hall–Kier alpha value is -1.90. The minimum atomic E-state index is 0.685. The number of aromatic nitrogens is 2. The maximum Gasteiger partial charge on any atom is 0.159 e. The lowest BCUT2D eigenvalue weighted by atomic mass is 9.80. The normalized spacial score (nSPS) is 18.8. The van der Waals surface area contributed by atoms with Gasteiger partial charge >= 0.3 is 0 Å². The van der Waals surface area contributed by atoms with Crippen LogP contribution < -0.4 is 4.74 Å². The van der Waals surface area contributed by atoms with E-state index in [0.29, 0.717) is 5.92 Å². The first-order chi connectivity index (χ1) is 15.2. The lowest BCUT2D eigenvalue weighted by Gasteiger charge is -2.28. The van der Waals surface area contributed by atoms with E-state index in [9.17, 15) is 0 Å². The molecule has 0 atom stereocenters. The topological polar surface area (TPSA) is 35.0 Å². The SMILES string of the molecule is CCCCCc1ccc(-c2ncc(OCC3CCC(CCCCC)CC3)cn2)cc1C. The monoisotopic (exact) mass is 422 g/mol. The molecule has 2 aromatic rings. The second kappa shape index (κ2) is 12.8. The van der Waals surface area contributed by atoms with Crippen LogP contribution in [0.15, 0.2) is 30.6 Å². The van der Waals surface area contributed by atoms with Crippen LogP contribution in [0.25, 0.3) is 11.4 Å². The van der Waals surface area contributed by atoms with Crippen LogP contribution in [-0.2, 0) is 6.42 Å². The van der Waals surface area contributed by atoms with Crippen LogP contribution in [0, 0.1) is 18.8 Å². The van der Waals surface area contributed by atoms with Crippen molar-refractivity contribution in [3.8, 4) is 17.1 Å². The van der Waals surface area contributed by atoms with Gasteiger partial charge in [0.05, 0.1) is 19.0 Å². The highest BCUT2D eigenvalue weighted by Gasteiger charge is 2.21. The quantitative estimate of drug-likeness (QED) is 0.325. The van der Waals surface area contributed by atoms with Gasteiger partial charge in [0.25, 0.3) is 0 Å². The number of aryl methyl sites for hydroxylation is 2. The molecule has 170 valence electrons. The number of hydrogen-bond acceptors (Lipinski definition) is 3. The highest BCUT2D eigenvalue weighted by molar-refractivity contribution is 5.57. The Morgan fingerprint density at radius 1 is 0.871 bits per heavy atom. The zero-order chi connectivity index (χ0) is 21.9. The molecule has 0 aliphatic heterocycles. The molecule has 3 heteroatoms. The van der Waals surface area contributed by atoms with Crippen molar-refractivity contribution < 1.29 is 4.74 Å². The van der Waals surface area contributed by atoms with E-state index in [4.69, 9.17) is 4.74 Å². The van der Waals surface area contributed by atoms with Gasteiger partial charge in [-0.3, -0.25) is 0 Å². The minimum absolute atomic E-state index is 0.685. The Bertz CT molecular complexity index is 763. The van der Waals surface area contributed by atoms with E-state index in [1.165, 1.54) is 81.8 Å². The number of hydrogen-bond donors (Lipinski definition) is 0. The first kappa shape index (κ1) is 23.8. The fourth-order valence-corrected chi connectivity index (χ4v) is 4.80. The third-order valence-corrected chi connectivity index (χ3v) is 6.95. The molecule has 0 saturated heterocycles. The maximum absolute atomic E-state index is 6.04. The van der Waals surface area contributed by atoms with Gasteiger partial charge in [0.15, 0.2) is 11.6 Å². The van der Waals surface area contributed by atoms with E-state index in [2.05, 4.69) is 48.9 Å². The standard InChI is InChI=1S/C28H42N2O/c1-4-6-8-10-23-12-14-24(15-13-23)21-31-27-19-29-28(30-20-27)26-17-16-25(22(3)18-26)11-9-7-5-2/h16-20,23-24H,4-15,21H2,1-3H3. The summed E-state index contributed by atoms with van der Waals surface area (Å²) >= 11 is 0. The molecule has 0 unspecified atom stereocenters. The maximum atomic E-state index is 6.04. The van der Waals surface area contributed by atoms with Crippen LogP contribution in [0.5, 0.6) is 5.75 Å². The van der Waals surface area contributed by atoms with Gasteiger partial charge < -0.3 is 4.74 Å². The Morgan fingerprint density at radius 3 is 2.23 bits per heavy atom. The predicted octanol–water partition coefficient (Wildman–Crippen LogP) is 7.95. The predicted molar refractivity (Wildman–Crippen MR) is 131 cm³/mol. The summed E-state index contributed by atoms with van der Waals surface area (Å²) in [5.41, 5.74) is 3.87. The van der Waals surface area contributed by atoms with Gasteiger partial charge in [0, 0.05) is 5.56 Å². The van der Waals surface area contributed by atoms with Crippen molar-refractivity contribution in [1.29, 1.82) is 0 Å². The van der Waals surface area contributed by atoms with E-state index >= 15 is 0 Å². The van der Waals surface area contributed by atoms with E-state index < -0.39 is 0 Å². The van der Waals surface area contributed by atoms with Gasteiger partial charge in [-0.2, -0.15) is 0 Å². The Balaban J connectivity index is 1.45. The summed E-state index contributed by atoms with van der Waals surface area (Å²) in [6, 6.07) is 6.62. The van der Waals surface area contributed by atoms with Crippen molar-refractivity contribution in [2.75, 3.05) is 6.61 Å². The molecular formula is C28H42N2O. The summed E-state index contributed by atoms with van der Waals surface area (Å²) in [5.74, 6) is 3.21.